The summed E-state index contributed by atoms with van der Waals surface area (Å²) in [7, 11) is -17.3. The summed E-state index contributed by atoms with van der Waals surface area (Å²) >= 11 is 0. The molecule has 0 spiro atoms. The number of hydrogen-bond acceptors (Lipinski definition) is 9. The fourth-order valence-corrected chi connectivity index (χ4v) is 4.83. The quantitative estimate of drug-likeness (QED) is 0.0897. The molecule has 0 unspecified atom stereocenters. The molecule has 2 aromatic heterocycles. The fourth-order valence-electron chi connectivity index (χ4n) is 3.19. The average molecular weight is 766 g/mol. The Hall–Kier alpha value is -3.90. The van der Waals surface area contributed by atoms with Crippen molar-refractivity contribution >= 4 is 59.7 Å². The van der Waals surface area contributed by atoms with Crippen molar-refractivity contribution in [2.24, 2.45) is 0 Å². The van der Waals surface area contributed by atoms with E-state index in [1.165, 1.54) is 17.0 Å². The molecule has 0 fully saturated rings. The van der Waals surface area contributed by atoms with Crippen LogP contribution in [0, 0.1) is 0 Å². The molecule has 0 aromatic carbocycles. The van der Waals surface area contributed by atoms with Gasteiger partial charge in [0.1, 0.15) is 6.20 Å². The minimum Gasteiger partial charge on any atom is -0.294 e. The predicted molar refractivity (Wildman–Crippen MR) is 148 cm³/mol. The second-order valence-corrected chi connectivity index (χ2v) is 13.9. The minimum absolute atomic E-state index is 0.0587. The zero-order valence-electron chi connectivity index (χ0n) is 24.2. The number of alkyl halides is 9. The van der Waals surface area contributed by atoms with E-state index >= 15 is 0 Å². The van der Waals surface area contributed by atoms with E-state index in [1.807, 2.05) is 0 Å². The molecule has 0 amide bonds. The maximum atomic E-state index is 13.3. The molecular weight excluding hydrogens is 741 g/mol. The van der Waals surface area contributed by atoms with E-state index in [0.717, 1.165) is 36.4 Å². The number of anilines is 1. The smallest absolute Gasteiger partial charge is 0.294 e. The number of halogens is 9. The Kier molecular flexibility index (Phi) is 13.6. The number of aromatic nitrogens is 2. The molecule has 12 nitrogen and oxygen atoms in total. The van der Waals surface area contributed by atoms with Crippen molar-refractivity contribution in [1.82, 2.24) is 0 Å². The van der Waals surface area contributed by atoms with Gasteiger partial charge in [0.05, 0.1) is 19.5 Å². The zero-order chi connectivity index (χ0) is 37.5. The number of pyridine rings is 2. The van der Waals surface area contributed by atoms with Crippen molar-refractivity contribution in [1.29, 1.82) is 0 Å². The zero-order valence-corrected chi connectivity index (χ0v) is 26.6. The second kappa shape index (κ2) is 15.5. The first kappa shape index (κ1) is 42.1. The number of allylic oxidation sites excluding steroid dienone is 2. The summed E-state index contributed by atoms with van der Waals surface area (Å²) < 4.78 is 183. The third-order valence-electron chi connectivity index (χ3n) is 5.49. The van der Waals surface area contributed by atoms with Gasteiger partial charge in [0, 0.05) is 23.3 Å². The molecule has 268 valence electrons. The summed E-state index contributed by atoms with van der Waals surface area (Å²) in [5, 5.41) is 0. The van der Waals surface area contributed by atoms with Crippen molar-refractivity contribution in [2.45, 2.75) is 36.8 Å². The lowest BCUT2D eigenvalue weighted by molar-refractivity contribution is -0.518. The molecule has 0 aliphatic carbocycles. The Bertz CT molecular complexity index is 1880. The largest absolute Gasteiger partial charge is 0.560 e. The molecule has 2 rings (SSSR count). The number of ketones is 2. The van der Waals surface area contributed by atoms with Crippen LogP contribution in [0.2, 0.25) is 0 Å². The Morgan fingerprint density at radius 1 is 0.729 bits per heavy atom. The summed E-state index contributed by atoms with van der Waals surface area (Å²) in [4.78, 5) is 25.7. The van der Waals surface area contributed by atoms with E-state index < -0.39 is 64.7 Å². The van der Waals surface area contributed by atoms with Crippen LogP contribution in [0.25, 0.3) is 12.2 Å². The van der Waals surface area contributed by atoms with Crippen molar-refractivity contribution in [3.63, 3.8) is 0 Å². The molecule has 1 N–H and O–H groups in total. The molecule has 2 heterocycles. The summed E-state index contributed by atoms with van der Waals surface area (Å²) in [5.74, 6) is -1.90. The van der Waals surface area contributed by atoms with E-state index in [0.29, 0.717) is 18.6 Å². The highest BCUT2D eigenvalue weighted by Gasteiger charge is 2.54. The monoisotopic (exact) mass is 765 g/mol. The molecule has 0 bridgehead atoms. The number of nitrogens with zero attached hydrogens (tertiary/aromatic N) is 3. The molecule has 2 aromatic rings. The second-order valence-electron chi connectivity index (χ2n) is 8.85. The topological polar surface area (TPSA) is 168 Å². The Morgan fingerprint density at radius 3 is 1.56 bits per heavy atom. The van der Waals surface area contributed by atoms with E-state index in [1.54, 1.807) is 13.8 Å². The molecule has 0 aliphatic heterocycles. The van der Waals surface area contributed by atoms with E-state index in [4.69, 9.17) is 13.0 Å². The minimum atomic E-state index is -5.84. The Morgan fingerprint density at radius 2 is 1.17 bits per heavy atom. The third-order valence-corrected chi connectivity index (χ3v) is 8.84. The molecule has 0 radical (unpaired) electrons. The predicted octanol–water partition coefficient (Wildman–Crippen LogP) is 3.15. The maximum Gasteiger partial charge on any atom is 0.560 e. The van der Waals surface area contributed by atoms with Gasteiger partial charge in [-0.2, -0.15) is 64.8 Å². The van der Waals surface area contributed by atoms with Crippen LogP contribution < -0.4 is 12.8 Å². The van der Waals surface area contributed by atoms with Crippen LogP contribution >= 0.6 is 0 Å². The van der Waals surface area contributed by atoms with Gasteiger partial charge in [0.2, 0.25) is 0 Å². The van der Waals surface area contributed by atoms with Gasteiger partial charge in [-0.15, -0.1) is 3.97 Å². The van der Waals surface area contributed by atoms with Crippen molar-refractivity contribution in [3.8, 4) is 0 Å². The van der Waals surface area contributed by atoms with Gasteiger partial charge in [-0.25, -0.2) is 0 Å². The standard InChI is InChI=1S/C23H23F6N3O6S2.CHF3O3S/c1-3-30(4-2)21-12-9-18(16-32(21)40(37,38)23(27,28)29)8-11-20(34)14-19(33)10-7-17-6-5-13-31(15-17)39(35,36)22(24,25)26;2-1(3,4)8(5,6)7/h5-13,15-16H,3-4,14H2,1-2H3;(H,5,6,7)/q+2;/b10-7+,11-8+;. The molecule has 0 aliphatic rings. The first-order chi connectivity index (χ1) is 21.6. The van der Waals surface area contributed by atoms with Gasteiger partial charge in [0.25, 0.3) is 5.82 Å². The third kappa shape index (κ3) is 11.1. The highest BCUT2D eigenvalue weighted by Crippen LogP contribution is 2.25. The molecular formula is C24H24F9N3O9S3+2. The molecule has 48 heavy (non-hydrogen) atoms. The number of hydrogen-bond donors (Lipinski definition) is 1. The Labute approximate surface area is 267 Å². The summed E-state index contributed by atoms with van der Waals surface area (Å²) in [6.45, 7) is 3.64. The van der Waals surface area contributed by atoms with Gasteiger partial charge < -0.3 is 0 Å². The van der Waals surface area contributed by atoms with E-state index in [-0.39, 0.29) is 38.0 Å². The number of carbonyl (C=O) groups is 2. The van der Waals surface area contributed by atoms with Crippen LogP contribution in [0.4, 0.5) is 45.3 Å². The van der Waals surface area contributed by atoms with Crippen LogP contribution in [-0.4, -0.2) is 71.0 Å². The van der Waals surface area contributed by atoms with Gasteiger partial charge in [-0.3, -0.25) is 19.0 Å². The lowest BCUT2D eigenvalue weighted by Gasteiger charge is -2.17. The lowest BCUT2D eigenvalue weighted by atomic mass is 10.1. The molecule has 0 saturated heterocycles. The average Bonchev–Trinajstić information content (AvgIpc) is 2.94. The number of carbonyl (C=O) groups excluding carboxylic acids is 2. The summed E-state index contributed by atoms with van der Waals surface area (Å²) in [6.07, 6.45) is 4.85. The van der Waals surface area contributed by atoms with Crippen molar-refractivity contribution in [2.75, 3.05) is 18.0 Å². The highest BCUT2D eigenvalue weighted by atomic mass is 32.2. The van der Waals surface area contributed by atoms with Crippen LogP contribution in [0.3, 0.4) is 0 Å². The summed E-state index contributed by atoms with van der Waals surface area (Å²) in [5.41, 5.74) is -16.9. The maximum absolute atomic E-state index is 13.3. The highest BCUT2D eigenvalue weighted by molar-refractivity contribution is 7.86. The molecule has 0 atom stereocenters. The van der Waals surface area contributed by atoms with E-state index in [9.17, 15) is 65.9 Å². The van der Waals surface area contributed by atoms with Crippen LogP contribution in [0.1, 0.15) is 31.4 Å². The van der Waals surface area contributed by atoms with E-state index in [2.05, 4.69) is 0 Å². The normalized spacial score (nSPS) is 13.3. The molecule has 0 saturated carbocycles. The SMILES string of the molecule is CCN(CC)c1ccc(/C=C/C(=O)CC(=O)/C=C/c2ccc[n+](S(=O)(=O)C(F)(F)F)c2)c[n+]1S(=O)(=O)C(F)(F)F.O=S(=O)(O)C(F)(F)F. The van der Waals surface area contributed by atoms with Crippen LogP contribution in [0.5, 0.6) is 0 Å². The van der Waals surface area contributed by atoms with Crippen LogP contribution in [0.15, 0.2) is 55.0 Å². The van der Waals surface area contributed by atoms with Gasteiger partial charge in [-0.1, -0.05) is 3.97 Å². The van der Waals surface area contributed by atoms with Gasteiger partial charge >= 0.3 is 46.7 Å². The van der Waals surface area contributed by atoms with Gasteiger partial charge in [-0.05, 0) is 50.3 Å². The Balaban J connectivity index is 0.00000127. The first-order valence-corrected chi connectivity index (χ1v) is 16.8. The lowest BCUT2D eigenvalue weighted by Crippen LogP contribution is -2.54. The summed E-state index contributed by atoms with van der Waals surface area (Å²) in [6, 6.07) is 4.62. The molecule has 24 heteroatoms. The van der Waals surface area contributed by atoms with Crippen LogP contribution in [-0.2, 0) is 39.8 Å². The van der Waals surface area contributed by atoms with Crippen molar-refractivity contribution in [3.05, 3.63) is 66.1 Å². The van der Waals surface area contributed by atoms with Crippen molar-refractivity contribution < 1.29 is 86.9 Å². The van der Waals surface area contributed by atoms with Gasteiger partial charge in [0.15, 0.2) is 24.0 Å². The first-order valence-electron chi connectivity index (χ1n) is 12.5. The number of rotatable bonds is 11. The fraction of sp³-hybridized carbons (Fsp3) is 0.333.